The average molecular weight is 467 g/mol. The lowest BCUT2D eigenvalue weighted by Gasteiger charge is -2.18. The van der Waals surface area contributed by atoms with Crippen molar-refractivity contribution in [2.45, 2.75) is 11.1 Å². The lowest BCUT2D eigenvalue weighted by atomic mass is 9.96. The molecule has 1 aliphatic rings. The number of hydrogen-bond donors (Lipinski definition) is 2. The van der Waals surface area contributed by atoms with Gasteiger partial charge in [0.15, 0.2) is 5.04 Å². The summed E-state index contributed by atoms with van der Waals surface area (Å²) in [7, 11) is -4.88. The summed E-state index contributed by atoms with van der Waals surface area (Å²) in [5.41, 5.74) is -1.63. The Hall–Kier alpha value is -3.28. The van der Waals surface area contributed by atoms with E-state index >= 15 is 0 Å². The number of nitriles is 1. The van der Waals surface area contributed by atoms with E-state index in [9.17, 15) is 26.9 Å². The van der Waals surface area contributed by atoms with Crippen LogP contribution >= 0.6 is 11.8 Å². The normalized spacial score (nSPS) is 18.1. The van der Waals surface area contributed by atoms with E-state index in [1.165, 1.54) is 6.08 Å². The summed E-state index contributed by atoms with van der Waals surface area (Å²) in [5, 5.41) is 27.2. The maximum atomic E-state index is 13.6. The van der Waals surface area contributed by atoms with Gasteiger partial charge in [-0.1, -0.05) is 36.6 Å². The van der Waals surface area contributed by atoms with E-state index in [0.717, 1.165) is 17.8 Å². The van der Waals surface area contributed by atoms with Crippen LogP contribution < -0.4 is 5.14 Å². The summed E-state index contributed by atoms with van der Waals surface area (Å²) in [4.78, 5) is 3.46. The molecule has 0 saturated heterocycles. The molecule has 0 amide bonds. The third-order valence-corrected chi connectivity index (χ3v) is 5.76. The van der Waals surface area contributed by atoms with Crippen LogP contribution in [0.25, 0.3) is 17.0 Å². The Morgan fingerprint density at radius 1 is 1.32 bits per heavy atom. The van der Waals surface area contributed by atoms with Gasteiger partial charge in [0.2, 0.25) is 15.8 Å². The van der Waals surface area contributed by atoms with E-state index in [1.807, 2.05) is 6.07 Å². The lowest BCUT2D eigenvalue weighted by molar-refractivity contribution is -0.139. The quantitative estimate of drug-likeness (QED) is 0.704. The summed E-state index contributed by atoms with van der Waals surface area (Å²) in [5.74, 6) is -0.404. The molecule has 0 saturated carbocycles. The first-order valence-electron chi connectivity index (χ1n) is 8.22. The van der Waals surface area contributed by atoms with Crippen molar-refractivity contribution in [1.82, 2.24) is 20.6 Å². The van der Waals surface area contributed by atoms with E-state index in [2.05, 4.69) is 32.2 Å². The van der Waals surface area contributed by atoms with Crippen molar-refractivity contribution in [1.29, 1.82) is 5.26 Å². The van der Waals surface area contributed by atoms with Gasteiger partial charge >= 0.3 is 6.18 Å². The Bertz CT molecular complexity index is 1270. The number of aromatic nitrogens is 4. The summed E-state index contributed by atoms with van der Waals surface area (Å²) in [6.07, 6.45) is -0.392. The molecule has 2 heterocycles. The number of nitrogens with one attached hydrogen (secondary N) is 1. The number of H-pyrrole nitrogens is 1. The summed E-state index contributed by atoms with van der Waals surface area (Å²) < 4.78 is 65.3. The Labute approximate surface area is 178 Å². The van der Waals surface area contributed by atoms with Crippen LogP contribution in [0, 0.1) is 11.3 Å². The summed E-state index contributed by atoms with van der Waals surface area (Å²) in [6.45, 7) is 3.61. The highest BCUT2D eigenvalue weighted by Gasteiger charge is 2.40. The number of rotatable bonds is 3. The minimum atomic E-state index is -5.02. The molecule has 0 aliphatic carbocycles. The van der Waals surface area contributed by atoms with Crippen molar-refractivity contribution >= 4 is 32.4 Å². The van der Waals surface area contributed by atoms with Crippen LogP contribution in [0.5, 0.6) is 0 Å². The zero-order valence-corrected chi connectivity index (χ0v) is 17.0. The number of benzene rings is 1. The molecule has 31 heavy (non-hydrogen) atoms. The second-order valence-corrected chi connectivity index (χ2v) is 8.61. The van der Waals surface area contributed by atoms with Crippen LogP contribution in [0.2, 0.25) is 0 Å². The Morgan fingerprint density at radius 3 is 2.65 bits per heavy atom. The summed E-state index contributed by atoms with van der Waals surface area (Å²) in [6, 6.07) is 3.58. The molecule has 3 rings (SSSR count). The SMILES string of the molecule is C=C1/C=C\C=C(\c2ccc(C(F)(F)F)c(S(N)(=O)=O)c2-c2nn[nH]n2)CN=C(C#N)S1. The first-order valence-corrected chi connectivity index (χ1v) is 10.6. The van der Waals surface area contributed by atoms with Crippen molar-refractivity contribution in [2.75, 3.05) is 6.54 Å². The number of nitrogens with two attached hydrogens (primary N) is 1. The van der Waals surface area contributed by atoms with Crippen LogP contribution in [-0.4, -0.2) is 40.6 Å². The number of aromatic amines is 1. The number of primary sulfonamides is 1. The average Bonchev–Trinajstić information content (AvgIpc) is 3.22. The van der Waals surface area contributed by atoms with Gasteiger partial charge in [0.05, 0.1) is 17.7 Å². The highest BCUT2D eigenvalue weighted by Crippen LogP contribution is 2.41. The molecule has 9 nitrogen and oxygen atoms in total. The fraction of sp³-hybridized carbons (Fsp3) is 0.118. The van der Waals surface area contributed by atoms with Crippen molar-refractivity contribution in [3.63, 3.8) is 0 Å². The third-order valence-electron chi connectivity index (χ3n) is 3.96. The molecule has 1 aliphatic heterocycles. The Morgan fingerprint density at radius 2 is 2.06 bits per heavy atom. The number of allylic oxidation sites excluding steroid dienone is 3. The highest BCUT2D eigenvalue weighted by molar-refractivity contribution is 8.17. The molecule has 160 valence electrons. The Balaban J connectivity index is 2.38. The minimum absolute atomic E-state index is 0.0293. The van der Waals surface area contributed by atoms with Gasteiger partial charge < -0.3 is 0 Å². The van der Waals surface area contributed by atoms with Crippen LogP contribution in [0.4, 0.5) is 13.2 Å². The van der Waals surface area contributed by atoms with Gasteiger partial charge in [-0.15, -0.1) is 10.2 Å². The molecule has 0 fully saturated rings. The van der Waals surface area contributed by atoms with Gasteiger partial charge in [0.1, 0.15) is 11.0 Å². The third kappa shape index (κ3) is 4.90. The molecular weight excluding hydrogens is 455 g/mol. The number of sulfonamides is 1. The first kappa shape index (κ1) is 22.4. The standard InChI is InChI=1S/C17H12F3N7O2S2/c1-9-3-2-4-10(8-23-13(7-21)30-9)11-5-6-12(17(18,19)20)15(31(22,28)29)14(11)16-24-26-27-25-16/h2-6H,1,8H2,(H2,22,28,29)(H,24,25,26,27)/b3-2-,10-4+,23-13?. The maximum Gasteiger partial charge on any atom is 0.417 e. The van der Waals surface area contributed by atoms with Crippen LogP contribution in [-0.2, 0) is 16.2 Å². The van der Waals surface area contributed by atoms with Gasteiger partial charge in [-0.3, -0.25) is 4.99 Å². The largest absolute Gasteiger partial charge is 0.417 e. The molecule has 0 spiro atoms. The van der Waals surface area contributed by atoms with Crippen LogP contribution in [0.3, 0.4) is 0 Å². The van der Waals surface area contributed by atoms with E-state index < -0.39 is 38.0 Å². The second kappa shape index (κ2) is 8.46. The molecule has 1 aromatic carbocycles. The lowest BCUT2D eigenvalue weighted by Crippen LogP contribution is -2.21. The minimum Gasteiger partial charge on any atom is -0.263 e. The molecule has 0 bridgehead atoms. The van der Waals surface area contributed by atoms with Gasteiger partial charge in [-0.25, -0.2) is 13.6 Å². The zero-order valence-electron chi connectivity index (χ0n) is 15.4. The topological polar surface area (TPSA) is 151 Å². The van der Waals surface area contributed by atoms with Crippen LogP contribution in [0.15, 0.2) is 51.7 Å². The zero-order chi connectivity index (χ0) is 22.8. The fourth-order valence-electron chi connectivity index (χ4n) is 2.76. The summed E-state index contributed by atoms with van der Waals surface area (Å²) >= 11 is 1.02. The monoisotopic (exact) mass is 467 g/mol. The van der Waals surface area contributed by atoms with Gasteiger partial charge in [-0.05, 0) is 28.5 Å². The number of thioether (sulfide) groups is 1. The smallest absolute Gasteiger partial charge is 0.263 e. The maximum absolute atomic E-state index is 13.6. The molecule has 0 radical (unpaired) electrons. The fourth-order valence-corrected chi connectivity index (χ4v) is 4.31. The second-order valence-electron chi connectivity index (χ2n) is 6.00. The van der Waals surface area contributed by atoms with Crippen molar-refractivity contribution in [3.05, 3.63) is 53.0 Å². The molecule has 3 N–H and O–H groups in total. The van der Waals surface area contributed by atoms with E-state index in [0.29, 0.717) is 11.0 Å². The van der Waals surface area contributed by atoms with Crippen molar-refractivity contribution in [2.24, 2.45) is 10.1 Å². The van der Waals surface area contributed by atoms with E-state index in [1.54, 1.807) is 12.2 Å². The number of nitrogens with zero attached hydrogens (tertiary/aromatic N) is 5. The van der Waals surface area contributed by atoms with Crippen molar-refractivity contribution in [3.8, 4) is 17.5 Å². The predicted molar refractivity (Wildman–Crippen MR) is 108 cm³/mol. The molecule has 2 aromatic rings. The number of aliphatic imine (C=N–C) groups is 1. The van der Waals surface area contributed by atoms with E-state index in [-0.39, 0.29) is 22.7 Å². The molecule has 0 unspecified atom stereocenters. The van der Waals surface area contributed by atoms with E-state index in [4.69, 9.17) is 5.14 Å². The highest BCUT2D eigenvalue weighted by atomic mass is 32.2. The van der Waals surface area contributed by atoms with Crippen LogP contribution in [0.1, 0.15) is 11.1 Å². The first-order chi connectivity index (χ1) is 14.5. The van der Waals surface area contributed by atoms with Gasteiger partial charge in [0, 0.05) is 4.91 Å². The molecule has 1 aromatic heterocycles. The molecular formula is C17H12F3N7O2S2. The molecule has 14 heteroatoms. The number of hydrogen-bond acceptors (Lipinski definition) is 8. The van der Waals surface area contributed by atoms with Gasteiger partial charge in [0.25, 0.3) is 0 Å². The van der Waals surface area contributed by atoms with Crippen molar-refractivity contribution < 1.29 is 21.6 Å². The number of alkyl halides is 3. The predicted octanol–water partition coefficient (Wildman–Crippen LogP) is 2.66. The number of tetrazole rings is 1. The number of halogens is 3. The Kier molecular flexibility index (Phi) is 6.11. The molecule has 0 atom stereocenters. The van der Waals surface area contributed by atoms with Gasteiger partial charge in [-0.2, -0.15) is 23.6 Å².